The van der Waals surface area contributed by atoms with Crippen LogP contribution in [0.5, 0.6) is 0 Å². The number of terminal acetylenes is 1. The molecule has 0 saturated heterocycles. The van der Waals surface area contributed by atoms with Crippen LogP contribution in [0.25, 0.3) is 0 Å². The molecular weight excluding hydrogens is 320 g/mol. The molecule has 0 spiro atoms. The van der Waals surface area contributed by atoms with Gasteiger partial charge in [-0.15, -0.1) is 17.8 Å². The standard InChI is InChI=1S/C19H24N2O2S/c1-2-17(22)21(13-14-10-11-14)18(16-9-6-12-24-16)19(23)20-15-7-4-3-5-8-15/h1,6,9,12,14-15,18H,3-5,7-8,10-11,13H2,(H,20,23). The van der Waals surface area contributed by atoms with Gasteiger partial charge in [-0.25, -0.2) is 0 Å². The van der Waals surface area contributed by atoms with Crippen molar-refractivity contribution in [1.29, 1.82) is 0 Å². The Hall–Kier alpha value is -1.80. The minimum Gasteiger partial charge on any atom is -0.351 e. The molecule has 0 bridgehead atoms. The maximum absolute atomic E-state index is 13.0. The second kappa shape index (κ2) is 7.85. The van der Waals surface area contributed by atoms with Crippen molar-refractivity contribution in [2.45, 2.75) is 57.0 Å². The SMILES string of the molecule is C#CC(=O)N(CC1CC1)C(C(=O)NC1CCCCC1)c1cccs1. The molecule has 0 aromatic carbocycles. The zero-order valence-corrected chi connectivity index (χ0v) is 14.7. The van der Waals surface area contributed by atoms with Crippen LogP contribution >= 0.6 is 11.3 Å². The number of carbonyl (C=O) groups excluding carboxylic acids is 2. The molecule has 1 N–H and O–H groups in total. The van der Waals surface area contributed by atoms with Crippen molar-refractivity contribution in [2.24, 2.45) is 5.92 Å². The fourth-order valence-corrected chi connectivity index (χ4v) is 4.20. The highest BCUT2D eigenvalue weighted by atomic mass is 32.1. The molecule has 0 aliphatic heterocycles. The predicted molar refractivity (Wildman–Crippen MR) is 95.3 cm³/mol. The number of hydrogen-bond donors (Lipinski definition) is 1. The number of thiophene rings is 1. The lowest BCUT2D eigenvalue weighted by atomic mass is 9.95. The molecule has 2 amide bonds. The molecular formula is C19H24N2O2S. The van der Waals surface area contributed by atoms with Crippen LogP contribution in [0.4, 0.5) is 0 Å². The van der Waals surface area contributed by atoms with Crippen molar-refractivity contribution < 1.29 is 9.59 Å². The average molecular weight is 344 g/mol. The summed E-state index contributed by atoms with van der Waals surface area (Å²) in [5.74, 6) is 2.21. The molecule has 0 radical (unpaired) electrons. The topological polar surface area (TPSA) is 49.4 Å². The van der Waals surface area contributed by atoms with Crippen LogP contribution in [0.3, 0.4) is 0 Å². The summed E-state index contributed by atoms with van der Waals surface area (Å²) in [6, 6.07) is 3.45. The Balaban J connectivity index is 1.79. The van der Waals surface area contributed by atoms with Gasteiger partial charge in [0.2, 0.25) is 5.91 Å². The van der Waals surface area contributed by atoms with Crippen LogP contribution in [-0.2, 0) is 9.59 Å². The molecule has 1 heterocycles. The van der Waals surface area contributed by atoms with E-state index in [4.69, 9.17) is 6.42 Å². The number of nitrogens with one attached hydrogen (secondary N) is 1. The number of nitrogens with zero attached hydrogens (tertiary/aromatic N) is 1. The van der Waals surface area contributed by atoms with Gasteiger partial charge in [0, 0.05) is 17.5 Å². The molecule has 128 valence electrons. The van der Waals surface area contributed by atoms with E-state index in [0.29, 0.717) is 12.5 Å². The predicted octanol–water partition coefficient (Wildman–Crippen LogP) is 3.11. The number of carbonyl (C=O) groups is 2. The van der Waals surface area contributed by atoms with Gasteiger partial charge in [-0.1, -0.05) is 25.3 Å². The van der Waals surface area contributed by atoms with Crippen LogP contribution < -0.4 is 5.32 Å². The van der Waals surface area contributed by atoms with E-state index in [2.05, 4.69) is 11.2 Å². The maximum atomic E-state index is 13.0. The zero-order chi connectivity index (χ0) is 16.9. The monoisotopic (exact) mass is 344 g/mol. The van der Waals surface area contributed by atoms with Gasteiger partial charge < -0.3 is 10.2 Å². The molecule has 5 heteroatoms. The Morgan fingerprint density at radius 3 is 2.62 bits per heavy atom. The number of hydrogen-bond acceptors (Lipinski definition) is 3. The Bertz CT molecular complexity index is 610. The Kier molecular flexibility index (Phi) is 5.57. The fourth-order valence-electron chi connectivity index (χ4n) is 3.37. The third kappa shape index (κ3) is 4.18. The highest BCUT2D eigenvalue weighted by Gasteiger charge is 2.36. The van der Waals surface area contributed by atoms with Crippen molar-refractivity contribution in [2.75, 3.05) is 6.54 Å². The van der Waals surface area contributed by atoms with Gasteiger partial charge in [0.05, 0.1) is 0 Å². The molecule has 1 aromatic heterocycles. The third-order valence-electron chi connectivity index (χ3n) is 4.86. The van der Waals surface area contributed by atoms with Gasteiger partial charge in [-0.2, -0.15) is 0 Å². The molecule has 2 saturated carbocycles. The van der Waals surface area contributed by atoms with Crippen molar-refractivity contribution in [3.8, 4) is 12.3 Å². The Morgan fingerprint density at radius 2 is 2.04 bits per heavy atom. The Morgan fingerprint density at radius 1 is 1.29 bits per heavy atom. The summed E-state index contributed by atoms with van der Waals surface area (Å²) in [7, 11) is 0. The maximum Gasteiger partial charge on any atom is 0.299 e. The van der Waals surface area contributed by atoms with Crippen LogP contribution in [0.2, 0.25) is 0 Å². The van der Waals surface area contributed by atoms with Crippen molar-refractivity contribution >= 4 is 23.2 Å². The first-order chi connectivity index (χ1) is 11.7. The van der Waals surface area contributed by atoms with E-state index < -0.39 is 6.04 Å². The highest BCUT2D eigenvalue weighted by molar-refractivity contribution is 7.10. The summed E-state index contributed by atoms with van der Waals surface area (Å²) >= 11 is 1.50. The molecule has 24 heavy (non-hydrogen) atoms. The quantitative estimate of drug-likeness (QED) is 0.806. The molecule has 2 fully saturated rings. The zero-order valence-electron chi connectivity index (χ0n) is 13.9. The molecule has 1 aromatic rings. The lowest BCUT2D eigenvalue weighted by Gasteiger charge is -2.31. The highest BCUT2D eigenvalue weighted by Crippen LogP contribution is 2.34. The van der Waals surface area contributed by atoms with E-state index in [0.717, 1.165) is 43.4 Å². The van der Waals surface area contributed by atoms with Gasteiger partial charge in [-0.05, 0) is 49.0 Å². The summed E-state index contributed by atoms with van der Waals surface area (Å²) in [5, 5.41) is 5.10. The minimum atomic E-state index is -0.601. The first kappa shape index (κ1) is 17.0. The van der Waals surface area contributed by atoms with E-state index in [1.165, 1.54) is 17.8 Å². The summed E-state index contributed by atoms with van der Waals surface area (Å²) in [4.78, 5) is 27.8. The van der Waals surface area contributed by atoms with Crippen LogP contribution in [0.1, 0.15) is 55.9 Å². The smallest absolute Gasteiger partial charge is 0.299 e. The summed E-state index contributed by atoms with van der Waals surface area (Å²) in [6.45, 7) is 0.573. The van der Waals surface area contributed by atoms with Crippen LogP contribution in [0, 0.1) is 18.3 Å². The first-order valence-electron chi connectivity index (χ1n) is 8.80. The van der Waals surface area contributed by atoms with E-state index in [-0.39, 0.29) is 17.9 Å². The van der Waals surface area contributed by atoms with Gasteiger partial charge in [0.1, 0.15) is 6.04 Å². The fraction of sp³-hybridized carbons (Fsp3) is 0.579. The number of rotatable bonds is 6. The molecule has 4 nitrogen and oxygen atoms in total. The van der Waals surface area contributed by atoms with Gasteiger partial charge in [-0.3, -0.25) is 9.59 Å². The largest absolute Gasteiger partial charge is 0.351 e. The molecule has 1 unspecified atom stereocenters. The van der Waals surface area contributed by atoms with Crippen molar-refractivity contribution in [1.82, 2.24) is 10.2 Å². The van der Waals surface area contributed by atoms with E-state index >= 15 is 0 Å². The molecule has 2 aliphatic carbocycles. The first-order valence-corrected chi connectivity index (χ1v) is 9.68. The molecule has 2 aliphatic rings. The van der Waals surface area contributed by atoms with Crippen molar-refractivity contribution in [3.05, 3.63) is 22.4 Å². The lowest BCUT2D eigenvalue weighted by Crippen LogP contribution is -2.47. The Labute approximate surface area is 147 Å². The third-order valence-corrected chi connectivity index (χ3v) is 5.79. The summed E-state index contributed by atoms with van der Waals surface area (Å²) in [5.41, 5.74) is 0. The van der Waals surface area contributed by atoms with E-state index in [1.54, 1.807) is 4.90 Å². The lowest BCUT2D eigenvalue weighted by molar-refractivity contribution is -0.137. The van der Waals surface area contributed by atoms with Gasteiger partial charge in [0.15, 0.2) is 0 Å². The molecule has 1 atom stereocenters. The van der Waals surface area contributed by atoms with E-state index in [9.17, 15) is 9.59 Å². The summed E-state index contributed by atoms with van der Waals surface area (Å²) < 4.78 is 0. The van der Waals surface area contributed by atoms with Crippen molar-refractivity contribution in [3.63, 3.8) is 0 Å². The van der Waals surface area contributed by atoms with Crippen LogP contribution in [-0.4, -0.2) is 29.3 Å². The number of amides is 2. The van der Waals surface area contributed by atoms with Crippen LogP contribution in [0.15, 0.2) is 17.5 Å². The minimum absolute atomic E-state index is 0.0893. The second-order valence-corrected chi connectivity index (χ2v) is 7.79. The van der Waals surface area contributed by atoms with E-state index in [1.807, 2.05) is 17.5 Å². The second-order valence-electron chi connectivity index (χ2n) is 6.81. The molecule has 3 rings (SSSR count). The average Bonchev–Trinajstić information content (AvgIpc) is 3.26. The normalized spacial score (nSPS) is 19.3. The van der Waals surface area contributed by atoms with Gasteiger partial charge in [0.25, 0.3) is 5.91 Å². The van der Waals surface area contributed by atoms with Gasteiger partial charge >= 0.3 is 0 Å². The summed E-state index contributed by atoms with van der Waals surface area (Å²) in [6.07, 6.45) is 13.2.